The molecule has 0 aliphatic carbocycles. The first-order valence-electron chi connectivity index (χ1n) is 5.70. The molecule has 1 aromatic rings. The maximum absolute atomic E-state index is 13.7. The van der Waals surface area contributed by atoms with Gasteiger partial charge in [0.2, 0.25) is 0 Å². The predicted molar refractivity (Wildman–Crippen MR) is 64.8 cm³/mol. The molecule has 3 nitrogen and oxygen atoms in total. The molecule has 0 saturated carbocycles. The summed E-state index contributed by atoms with van der Waals surface area (Å²) < 4.78 is 28.1. The van der Waals surface area contributed by atoms with Crippen LogP contribution in [0, 0.1) is 17.6 Å². The lowest BCUT2D eigenvalue weighted by Crippen LogP contribution is -2.31. The van der Waals surface area contributed by atoms with Crippen molar-refractivity contribution < 1.29 is 14.0 Å². The molecule has 6 heteroatoms. The van der Waals surface area contributed by atoms with Crippen LogP contribution in [0.25, 0.3) is 0 Å². The van der Waals surface area contributed by atoms with Crippen molar-refractivity contribution in [1.82, 2.24) is 4.42 Å². The highest BCUT2D eigenvalue weighted by molar-refractivity contribution is 6.13. The number of benzene rings is 1. The molecule has 0 atom stereocenters. The summed E-state index contributed by atoms with van der Waals surface area (Å²) in [6.07, 6.45) is 1.36. The molecule has 0 spiro atoms. The summed E-state index contributed by atoms with van der Waals surface area (Å²) >= 11 is 5.84. The van der Waals surface area contributed by atoms with E-state index in [0.717, 1.165) is 12.1 Å². The van der Waals surface area contributed by atoms with Crippen molar-refractivity contribution in [3.05, 3.63) is 35.4 Å². The SMILES string of the molecule is O/N=C(\c1ccc(F)cc1F)C1CCN(Cl)CC1. The zero-order valence-corrected chi connectivity index (χ0v) is 10.4. The monoisotopic (exact) mass is 274 g/mol. The molecule has 1 aromatic carbocycles. The zero-order valence-electron chi connectivity index (χ0n) is 9.61. The van der Waals surface area contributed by atoms with E-state index in [9.17, 15) is 8.78 Å². The summed E-state index contributed by atoms with van der Waals surface area (Å²) in [5.41, 5.74) is 0.407. The molecule has 1 N–H and O–H groups in total. The topological polar surface area (TPSA) is 35.8 Å². The Balaban J connectivity index is 2.23. The van der Waals surface area contributed by atoms with E-state index in [1.165, 1.54) is 6.07 Å². The van der Waals surface area contributed by atoms with Crippen molar-refractivity contribution in [3.8, 4) is 0 Å². The van der Waals surface area contributed by atoms with Gasteiger partial charge in [-0.2, -0.15) is 0 Å². The van der Waals surface area contributed by atoms with Gasteiger partial charge >= 0.3 is 0 Å². The first-order chi connectivity index (χ1) is 8.61. The molecule has 1 fully saturated rings. The minimum Gasteiger partial charge on any atom is -0.411 e. The third-order valence-electron chi connectivity index (χ3n) is 3.14. The Hall–Kier alpha value is -1.20. The van der Waals surface area contributed by atoms with Crippen molar-refractivity contribution in [1.29, 1.82) is 0 Å². The summed E-state index contributed by atoms with van der Waals surface area (Å²) in [6, 6.07) is 3.24. The zero-order chi connectivity index (χ0) is 13.1. The molecule has 1 aliphatic rings. The van der Waals surface area contributed by atoms with Crippen LogP contribution in [0.5, 0.6) is 0 Å². The number of hydrogen-bond acceptors (Lipinski definition) is 3. The van der Waals surface area contributed by atoms with Gasteiger partial charge in [0.25, 0.3) is 0 Å². The van der Waals surface area contributed by atoms with Crippen LogP contribution in [0.1, 0.15) is 18.4 Å². The Kier molecular flexibility index (Phi) is 4.14. The fourth-order valence-electron chi connectivity index (χ4n) is 2.17. The normalized spacial score (nSPS) is 19.2. The standard InChI is InChI=1S/C12H13ClF2N2O/c13-17-5-3-8(4-6-17)12(16-18)10-2-1-9(14)7-11(10)15/h1-2,7-8,18H,3-6H2/b16-12-. The highest BCUT2D eigenvalue weighted by Gasteiger charge is 2.26. The molecule has 1 heterocycles. The van der Waals surface area contributed by atoms with Crippen molar-refractivity contribution in [2.75, 3.05) is 13.1 Å². The third-order valence-corrected chi connectivity index (χ3v) is 3.48. The Morgan fingerprint density at radius 3 is 2.56 bits per heavy atom. The van der Waals surface area contributed by atoms with E-state index in [2.05, 4.69) is 5.16 Å². The molecule has 1 aliphatic heterocycles. The smallest absolute Gasteiger partial charge is 0.135 e. The number of oxime groups is 1. The van der Waals surface area contributed by atoms with E-state index in [-0.39, 0.29) is 17.2 Å². The van der Waals surface area contributed by atoms with E-state index in [1.807, 2.05) is 0 Å². The minimum absolute atomic E-state index is 0.0649. The summed E-state index contributed by atoms with van der Waals surface area (Å²) in [5.74, 6) is -1.43. The van der Waals surface area contributed by atoms with Crippen LogP contribution >= 0.6 is 11.8 Å². The molecule has 98 valence electrons. The maximum atomic E-state index is 13.7. The van der Waals surface area contributed by atoms with Crippen LogP contribution < -0.4 is 0 Å². The number of piperidine rings is 1. The fraction of sp³-hybridized carbons (Fsp3) is 0.417. The second-order valence-corrected chi connectivity index (χ2v) is 4.77. The van der Waals surface area contributed by atoms with Gasteiger partial charge in [0.15, 0.2) is 0 Å². The van der Waals surface area contributed by atoms with Gasteiger partial charge in [-0.15, -0.1) is 0 Å². The number of rotatable bonds is 2. The average molecular weight is 275 g/mol. The van der Waals surface area contributed by atoms with Crippen molar-refractivity contribution in [2.24, 2.45) is 11.1 Å². The quantitative estimate of drug-likeness (QED) is 0.389. The Morgan fingerprint density at radius 2 is 2.00 bits per heavy atom. The lowest BCUT2D eigenvalue weighted by atomic mass is 9.88. The molecule has 0 radical (unpaired) electrons. The van der Waals surface area contributed by atoms with Gasteiger partial charge in [-0.3, -0.25) is 0 Å². The molecular formula is C12H13ClF2N2O. The van der Waals surface area contributed by atoms with Crippen LogP contribution in [0.15, 0.2) is 23.4 Å². The summed E-state index contributed by atoms with van der Waals surface area (Å²) in [5, 5.41) is 12.3. The fourth-order valence-corrected chi connectivity index (χ4v) is 2.37. The van der Waals surface area contributed by atoms with Crippen molar-refractivity contribution in [3.63, 3.8) is 0 Å². The molecule has 18 heavy (non-hydrogen) atoms. The van der Waals surface area contributed by atoms with Gasteiger partial charge in [-0.05, 0) is 36.8 Å². The van der Waals surface area contributed by atoms with Gasteiger partial charge < -0.3 is 5.21 Å². The van der Waals surface area contributed by atoms with Crippen LogP contribution in [-0.2, 0) is 0 Å². The van der Waals surface area contributed by atoms with E-state index in [0.29, 0.717) is 25.9 Å². The summed E-state index contributed by atoms with van der Waals surface area (Å²) in [7, 11) is 0. The third kappa shape index (κ3) is 2.79. The molecular weight excluding hydrogens is 262 g/mol. The van der Waals surface area contributed by atoms with E-state index >= 15 is 0 Å². The van der Waals surface area contributed by atoms with Gasteiger partial charge in [-0.1, -0.05) is 5.16 Å². The van der Waals surface area contributed by atoms with Gasteiger partial charge in [-0.25, -0.2) is 13.2 Å². The number of hydrogen-bond donors (Lipinski definition) is 1. The predicted octanol–water partition coefficient (Wildman–Crippen LogP) is 3.01. The first-order valence-corrected chi connectivity index (χ1v) is 6.03. The van der Waals surface area contributed by atoms with Crippen LogP contribution in [0.2, 0.25) is 0 Å². The van der Waals surface area contributed by atoms with E-state index < -0.39 is 11.6 Å². The molecule has 0 unspecified atom stereocenters. The number of halogens is 3. The Bertz CT molecular complexity index is 459. The largest absolute Gasteiger partial charge is 0.411 e. The summed E-state index contributed by atoms with van der Waals surface area (Å²) in [4.78, 5) is 0. The maximum Gasteiger partial charge on any atom is 0.135 e. The summed E-state index contributed by atoms with van der Waals surface area (Å²) in [6.45, 7) is 1.29. The average Bonchev–Trinajstić information content (AvgIpc) is 2.35. The lowest BCUT2D eigenvalue weighted by Gasteiger charge is -2.27. The van der Waals surface area contributed by atoms with Crippen molar-refractivity contribution in [2.45, 2.75) is 12.8 Å². The van der Waals surface area contributed by atoms with E-state index in [1.54, 1.807) is 4.42 Å². The van der Waals surface area contributed by atoms with Gasteiger partial charge in [0.05, 0.1) is 5.71 Å². The van der Waals surface area contributed by atoms with Gasteiger partial charge in [0.1, 0.15) is 11.6 Å². The van der Waals surface area contributed by atoms with Gasteiger partial charge in [0, 0.05) is 30.6 Å². The molecule has 0 bridgehead atoms. The van der Waals surface area contributed by atoms with E-state index in [4.69, 9.17) is 17.0 Å². The lowest BCUT2D eigenvalue weighted by molar-refractivity contribution is 0.297. The highest BCUT2D eigenvalue weighted by atomic mass is 35.5. The highest BCUT2D eigenvalue weighted by Crippen LogP contribution is 2.24. The van der Waals surface area contributed by atoms with Crippen LogP contribution in [0.4, 0.5) is 8.78 Å². The van der Waals surface area contributed by atoms with Crippen LogP contribution in [0.3, 0.4) is 0 Å². The number of nitrogens with zero attached hydrogens (tertiary/aromatic N) is 2. The second kappa shape index (κ2) is 5.63. The molecule has 0 aromatic heterocycles. The minimum atomic E-state index is -0.712. The second-order valence-electron chi connectivity index (χ2n) is 4.29. The first kappa shape index (κ1) is 13.2. The van der Waals surface area contributed by atoms with Crippen molar-refractivity contribution >= 4 is 17.5 Å². The van der Waals surface area contributed by atoms with Crippen LogP contribution in [-0.4, -0.2) is 28.4 Å². The Labute approximate surface area is 109 Å². The molecule has 0 amide bonds. The molecule has 1 saturated heterocycles. The Morgan fingerprint density at radius 1 is 1.33 bits per heavy atom. The molecule has 2 rings (SSSR count).